The summed E-state index contributed by atoms with van der Waals surface area (Å²) >= 11 is 0. The number of carbonyl (C=O) groups is 3. The molecule has 0 aromatic rings. The average molecular weight is 231 g/mol. The van der Waals surface area contributed by atoms with Gasteiger partial charge in [-0.1, -0.05) is 0 Å². The molecule has 0 rings (SSSR count). The second-order valence-corrected chi connectivity index (χ2v) is 3.35. The summed E-state index contributed by atoms with van der Waals surface area (Å²) in [7, 11) is 1.51. The summed E-state index contributed by atoms with van der Waals surface area (Å²) in [5.74, 6) is -1.36. The summed E-state index contributed by atoms with van der Waals surface area (Å²) in [6, 6.07) is 0. The van der Waals surface area contributed by atoms with Gasteiger partial charge in [0, 0.05) is 33.2 Å². The van der Waals surface area contributed by atoms with Crippen molar-refractivity contribution < 1.29 is 23.9 Å². The zero-order valence-corrected chi connectivity index (χ0v) is 9.74. The normalized spacial score (nSPS) is 9.75. The number of nitrogens with one attached hydrogen (secondary N) is 1. The predicted molar refractivity (Wildman–Crippen MR) is 55.4 cm³/mol. The van der Waals surface area contributed by atoms with Gasteiger partial charge in [0.15, 0.2) is 0 Å². The largest absolute Gasteiger partial charge is 0.465 e. The van der Waals surface area contributed by atoms with E-state index in [-0.39, 0.29) is 31.5 Å². The van der Waals surface area contributed by atoms with Crippen molar-refractivity contribution in [3.63, 3.8) is 0 Å². The summed E-state index contributed by atoms with van der Waals surface area (Å²) in [6.45, 7) is 2.69. The third kappa shape index (κ3) is 7.78. The molecule has 0 aromatic carbocycles. The fraction of sp³-hybridized carbons (Fsp3) is 0.700. The van der Waals surface area contributed by atoms with Gasteiger partial charge in [0.1, 0.15) is 0 Å². The summed E-state index contributed by atoms with van der Waals surface area (Å²) < 4.78 is 9.54. The van der Waals surface area contributed by atoms with E-state index in [1.165, 1.54) is 20.9 Å². The fourth-order valence-electron chi connectivity index (χ4n) is 1.00. The Bertz CT molecular complexity index is 246. The standard InChI is InChI=1S/C10H17NO5/c1-7(12)15-5-9(4-10(14)11-3)6-16-8(2)13/h9H,4-6H2,1-3H3,(H,11,14). The van der Waals surface area contributed by atoms with Crippen LogP contribution in [0.15, 0.2) is 0 Å². The number of hydrogen-bond acceptors (Lipinski definition) is 5. The second-order valence-electron chi connectivity index (χ2n) is 3.35. The molecule has 0 bridgehead atoms. The molecule has 6 nitrogen and oxygen atoms in total. The van der Waals surface area contributed by atoms with E-state index in [2.05, 4.69) is 5.32 Å². The van der Waals surface area contributed by atoms with Gasteiger partial charge < -0.3 is 14.8 Å². The van der Waals surface area contributed by atoms with Crippen LogP contribution in [0.3, 0.4) is 0 Å². The monoisotopic (exact) mass is 231 g/mol. The third-order valence-corrected chi connectivity index (χ3v) is 1.80. The molecule has 0 spiro atoms. The molecule has 0 aromatic heterocycles. The van der Waals surface area contributed by atoms with Crippen molar-refractivity contribution in [3.05, 3.63) is 0 Å². The highest BCUT2D eigenvalue weighted by Crippen LogP contribution is 2.05. The van der Waals surface area contributed by atoms with Crippen molar-refractivity contribution in [2.45, 2.75) is 20.3 Å². The van der Waals surface area contributed by atoms with Crippen molar-refractivity contribution in [2.75, 3.05) is 20.3 Å². The fourth-order valence-corrected chi connectivity index (χ4v) is 1.00. The molecule has 16 heavy (non-hydrogen) atoms. The van der Waals surface area contributed by atoms with E-state index in [4.69, 9.17) is 9.47 Å². The minimum Gasteiger partial charge on any atom is -0.465 e. The molecule has 92 valence electrons. The van der Waals surface area contributed by atoms with Gasteiger partial charge in [-0.2, -0.15) is 0 Å². The van der Waals surface area contributed by atoms with Crippen LogP contribution in [0.1, 0.15) is 20.3 Å². The number of amides is 1. The van der Waals surface area contributed by atoms with E-state index in [0.717, 1.165) is 0 Å². The molecular weight excluding hydrogens is 214 g/mol. The average Bonchev–Trinajstić information content (AvgIpc) is 2.21. The van der Waals surface area contributed by atoms with Gasteiger partial charge in [-0.25, -0.2) is 0 Å². The maximum absolute atomic E-state index is 11.1. The highest BCUT2D eigenvalue weighted by molar-refractivity contribution is 5.76. The van der Waals surface area contributed by atoms with Crippen LogP contribution in [0.2, 0.25) is 0 Å². The first-order chi connectivity index (χ1) is 7.45. The predicted octanol–water partition coefficient (Wildman–Crippen LogP) is -0.135. The third-order valence-electron chi connectivity index (χ3n) is 1.80. The zero-order valence-electron chi connectivity index (χ0n) is 9.74. The van der Waals surface area contributed by atoms with E-state index in [1.807, 2.05) is 0 Å². The van der Waals surface area contributed by atoms with Gasteiger partial charge in [0.2, 0.25) is 5.91 Å². The number of rotatable bonds is 6. The van der Waals surface area contributed by atoms with E-state index < -0.39 is 11.9 Å². The highest BCUT2D eigenvalue weighted by Gasteiger charge is 2.16. The summed E-state index contributed by atoms with van der Waals surface area (Å²) in [4.78, 5) is 32.3. The Hall–Kier alpha value is -1.59. The lowest BCUT2D eigenvalue weighted by atomic mass is 10.1. The van der Waals surface area contributed by atoms with Crippen LogP contribution in [-0.4, -0.2) is 38.1 Å². The molecule has 0 aliphatic heterocycles. The van der Waals surface area contributed by atoms with Crippen LogP contribution in [-0.2, 0) is 23.9 Å². The van der Waals surface area contributed by atoms with Crippen molar-refractivity contribution in [1.82, 2.24) is 5.32 Å². The van der Waals surface area contributed by atoms with Gasteiger partial charge in [-0.15, -0.1) is 0 Å². The maximum Gasteiger partial charge on any atom is 0.302 e. The molecule has 0 saturated heterocycles. The Kier molecular flexibility index (Phi) is 6.91. The van der Waals surface area contributed by atoms with Gasteiger partial charge in [0.25, 0.3) is 0 Å². The number of esters is 2. The molecule has 0 aliphatic carbocycles. The first kappa shape index (κ1) is 14.4. The van der Waals surface area contributed by atoms with E-state index >= 15 is 0 Å². The Morgan fingerprint density at radius 3 is 1.81 bits per heavy atom. The lowest BCUT2D eigenvalue weighted by Gasteiger charge is -2.15. The van der Waals surface area contributed by atoms with Gasteiger partial charge in [-0.05, 0) is 0 Å². The molecule has 0 aliphatic rings. The molecule has 1 N–H and O–H groups in total. The van der Waals surface area contributed by atoms with Crippen molar-refractivity contribution >= 4 is 17.8 Å². The SMILES string of the molecule is CNC(=O)CC(COC(C)=O)COC(C)=O. The number of hydrogen-bond donors (Lipinski definition) is 1. The molecule has 0 heterocycles. The smallest absolute Gasteiger partial charge is 0.302 e. The molecule has 1 amide bonds. The van der Waals surface area contributed by atoms with Crippen LogP contribution < -0.4 is 5.32 Å². The molecule has 0 atom stereocenters. The molecule has 0 unspecified atom stereocenters. The Morgan fingerprint density at radius 2 is 1.50 bits per heavy atom. The summed E-state index contributed by atoms with van der Waals surface area (Å²) in [5, 5.41) is 2.45. The van der Waals surface area contributed by atoms with Crippen LogP contribution in [0.4, 0.5) is 0 Å². The highest BCUT2D eigenvalue weighted by atomic mass is 16.5. The molecule has 0 fully saturated rings. The van der Waals surface area contributed by atoms with Crippen molar-refractivity contribution in [2.24, 2.45) is 5.92 Å². The Morgan fingerprint density at radius 1 is 1.06 bits per heavy atom. The Labute approximate surface area is 94.3 Å². The minimum atomic E-state index is -0.426. The first-order valence-corrected chi connectivity index (χ1v) is 4.93. The van der Waals surface area contributed by atoms with Gasteiger partial charge >= 0.3 is 11.9 Å². The number of ether oxygens (including phenoxy) is 2. The second kappa shape index (κ2) is 7.67. The molecule has 0 radical (unpaired) electrons. The van der Waals surface area contributed by atoms with Gasteiger partial charge in [0.05, 0.1) is 13.2 Å². The van der Waals surface area contributed by atoms with E-state index in [0.29, 0.717) is 0 Å². The number of carbonyl (C=O) groups excluding carboxylic acids is 3. The van der Waals surface area contributed by atoms with Crippen LogP contribution in [0.5, 0.6) is 0 Å². The maximum atomic E-state index is 11.1. The molecule has 6 heteroatoms. The van der Waals surface area contributed by atoms with Crippen LogP contribution >= 0.6 is 0 Å². The Balaban J connectivity index is 4.09. The first-order valence-electron chi connectivity index (χ1n) is 4.93. The molecule has 0 saturated carbocycles. The van der Waals surface area contributed by atoms with Crippen LogP contribution in [0.25, 0.3) is 0 Å². The zero-order chi connectivity index (χ0) is 12.6. The van der Waals surface area contributed by atoms with Crippen molar-refractivity contribution in [3.8, 4) is 0 Å². The lowest BCUT2D eigenvalue weighted by Crippen LogP contribution is -2.27. The minimum absolute atomic E-state index is 0.0655. The molecular formula is C10H17NO5. The quantitative estimate of drug-likeness (QED) is 0.644. The summed E-state index contributed by atoms with van der Waals surface area (Å²) in [6.07, 6.45) is 0.150. The van der Waals surface area contributed by atoms with E-state index in [9.17, 15) is 14.4 Å². The summed E-state index contributed by atoms with van der Waals surface area (Å²) in [5.41, 5.74) is 0. The topological polar surface area (TPSA) is 81.7 Å². The van der Waals surface area contributed by atoms with Crippen molar-refractivity contribution in [1.29, 1.82) is 0 Å². The van der Waals surface area contributed by atoms with Gasteiger partial charge in [-0.3, -0.25) is 14.4 Å². The lowest BCUT2D eigenvalue weighted by molar-refractivity contribution is -0.147. The van der Waals surface area contributed by atoms with Crippen LogP contribution in [0, 0.1) is 5.92 Å². The van der Waals surface area contributed by atoms with E-state index in [1.54, 1.807) is 0 Å².